The minimum Gasteiger partial charge on any atom is -0.322 e. The lowest BCUT2D eigenvalue weighted by Crippen LogP contribution is -2.49. The van der Waals surface area contributed by atoms with Crippen LogP contribution in [0.3, 0.4) is 0 Å². The van der Waals surface area contributed by atoms with Gasteiger partial charge in [0.05, 0.1) is 17.1 Å². The van der Waals surface area contributed by atoms with Gasteiger partial charge in [-0.25, -0.2) is 4.68 Å². The number of nitrogens with zero attached hydrogens (tertiary/aromatic N) is 4. The van der Waals surface area contributed by atoms with E-state index in [9.17, 15) is 9.59 Å². The molecular weight excluding hydrogens is 318 g/mol. The highest BCUT2D eigenvalue weighted by molar-refractivity contribution is 6.16. The van der Waals surface area contributed by atoms with Crippen LogP contribution in [0, 0.1) is 0 Å². The average Bonchev–Trinajstić information content (AvgIpc) is 3.17. The number of carbonyl (C=O) groups excluding carboxylic acids is 2. The molecule has 124 valence electrons. The minimum atomic E-state index is -0.627. The van der Waals surface area contributed by atoms with E-state index < -0.39 is 6.04 Å². The number of pyridine rings is 1. The van der Waals surface area contributed by atoms with E-state index in [0.717, 1.165) is 5.69 Å². The second-order valence-corrected chi connectivity index (χ2v) is 5.71. The molecule has 3 aromatic rings. The quantitative estimate of drug-likeness (QED) is 0.780. The van der Waals surface area contributed by atoms with Crippen molar-refractivity contribution in [2.75, 3.05) is 10.2 Å². The first-order valence-electron chi connectivity index (χ1n) is 7.84. The zero-order chi connectivity index (χ0) is 17.4. The molecule has 1 aliphatic heterocycles. The first kappa shape index (κ1) is 15.1. The molecule has 0 spiro atoms. The number of aromatic nitrogens is 3. The summed E-state index contributed by atoms with van der Waals surface area (Å²) in [5, 5.41) is 6.97. The Morgan fingerprint density at radius 3 is 2.80 bits per heavy atom. The number of nitrogens with one attached hydrogen (secondary N) is 1. The maximum atomic E-state index is 13.1. The van der Waals surface area contributed by atoms with Crippen LogP contribution in [0.1, 0.15) is 17.4 Å². The number of hydrogen-bond donors (Lipinski definition) is 1. The molecule has 25 heavy (non-hydrogen) atoms. The number of benzene rings is 1. The smallest absolute Gasteiger partial charge is 0.277 e. The Morgan fingerprint density at radius 2 is 2.00 bits per heavy atom. The van der Waals surface area contributed by atoms with Gasteiger partial charge in [0.1, 0.15) is 11.7 Å². The van der Waals surface area contributed by atoms with E-state index in [1.807, 2.05) is 12.1 Å². The molecule has 3 heterocycles. The van der Waals surface area contributed by atoms with Crippen LogP contribution in [-0.2, 0) is 4.79 Å². The van der Waals surface area contributed by atoms with Crippen molar-refractivity contribution in [3.05, 3.63) is 66.7 Å². The standard InChI is InChI=1S/C18H15N5O2/c1-12-17(24)21-14-5-2-3-6-16(14)23(12)18(25)15-11-13(7-9-19-15)22-10-4-8-20-22/h2-12H,1H3,(H,21,24). The summed E-state index contributed by atoms with van der Waals surface area (Å²) in [6, 6.07) is 11.8. The van der Waals surface area contributed by atoms with E-state index in [-0.39, 0.29) is 17.5 Å². The molecule has 0 radical (unpaired) electrons. The van der Waals surface area contributed by atoms with Gasteiger partial charge in [0.25, 0.3) is 5.91 Å². The van der Waals surface area contributed by atoms with Gasteiger partial charge in [-0.05, 0) is 37.3 Å². The summed E-state index contributed by atoms with van der Waals surface area (Å²) in [5.74, 6) is -0.556. The van der Waals surface area contributed by atoms with E-state index in [4.69, 9.17) is 0 Å². The van der Waals surface area contributed by atoms with Gasteiger partial charge in [0.15, 0.2) is 0 Å². The average molecular weight is 333 g/mol. The molecule has 0 aliphatic carbocycles. The van der Waals surface area contributed by atoms with Gasteiger partial charge in [0, 0.05) is 18.6 Å². The summed E-state index contributed by atoms with van der Waals surface area (Å²) >= 11 is 0. The molecular formula is C18H15N5O2. The lowest BCUT2D eigenvalue weighted by molar-refractivity contribution is -0.117. The van der Waals surface area contributed by atoms with Crippen molar-refractivity contribution < 1.29 is 9.59 Å². The Balaban J connectivity index is 1.76. The Bertz CT molecular complexity index is 952. The molecule has 0 saturated heterocycles. The molecule has 0 fully saturated rings. The van der Waals surface area contributed by atoms with Crippen molar-refractivity contribution in [1.29, 1.82) is 0 Å². The monoisotopic (exact) mass is 333 g/mol. The number of hydrogen-bond acceptors (Lipinski definition) is 4. The summed E-state index contributed by atoms with van der Waals surface area (Å²) in [5.41, 5.74) is 2.25. The summed E-state index contributed by atoms with van der Waals surface area (Å²) in [7, 11) is 0. The number of rotatable bonds is 2. The van der Waals surface area contributed by atoms with Crippen molar-refractivity contribution in [2.45, 2.75) is 13.0 Å². The van der Waals surface area contributed by atoms with E-state index in [2.05, 4.69) is 15.4 Å². The maximum absolute atomic E-state index is 13.1. The van der Waals surface area contributed by atoms with Crippen LogP contribution in [0.25, 0.3) is 5.69 Å². The van der Waals surface area contributed by atoms with Crippen molar-refractivity contribution in [1.82, 2.24) is 14.8 Å². The summed E-state index contributed by atoms with van der Waals surface area (Å²) in [6.45, 7) is 1.69. The van der Waals surface area contributed by atoms with Gasteiger partial charge in [-0.1, -0.05) is 12.1 Å². The minimum absolute atomic E-state index is 0.227. The van der Waals surface area contributed by atoms with Gasteiger partial charge in [0.2, 0.25) is 5.91 Å². The van der Waals surface area contributed by atoms with E-state index >= 15 is 0 Å². The number of carbonyl (C=O) groups is 2. The summed E-state index contributed by atoms with van der Waals surface area (Å²) < 4.78 is 1.65. The lowest BCUT2D eigenvalue weighted by atomic mass is 10.1. The molecule has 1 atom stereocenters. The predicted octanol–water partition coefficient (Wildman–Crippen LogP) is 2.25. The molecule has 1 aliphatic rings. The van der Waals surface area contributed by atoms with Gasteiger partial charge in [-0.15, -0.1) is 0 Å². The van der Waals surface area contributed by atoms with Crippen LogP contribution in [0.15, 0.2) is 61.1 Å². The second-order valence-electron chi connectivity index (χ2n) is 5.71. The highest BCUT2D eigenvalue weighted by atomic mass is 16.2. The third-order valence-corrected chi connectivity index (χ3v) is 4.14. The fourth-order valence-corrected chi connectivity index (χ4v) is 2.86. The fraction of sp³-hybridized carbons (Fsp3) is 0.111. The van der Waals surface area contributed by atoms with Gasteiger partial charge >= 0.3 is 0 Å². The molecule has 0 bridgehead atoms. The Labute approximate surface area is 143 Å². The predicted molar refractivity (Wildman–Crippen MR) is 92.7 cm³/mol. The highest BCUT2D eigenvalue weighted by Gasteiger charge is 2.34. The summed E-state index contributed by atoms with van der Waals surface area (Å²) in [4.78, 5) is 31.0. The third-order valence-electron chi connectivity index (χ3n) is 4.14. The van der Waals surface area contributed by atoms with E-state index in [0.29, 0.717) is 11.4 Å². The number of amides is 2. The molecule has 2 aromatic heterocycles. The molecule has 0 saturated carbocycles. The van der Waals surface area contributed by atoms with Gasteiger partial charge in [-0.2, -0.15) is 5.10 Å². The number of fused-ring (bicyclic) bond motifs is 1. The molecule has 1 N–H and O–H groups in total. The first-order valence-corrected chi connectivity index (χ1v) is 7.84. The Kier molecular flexibility index (Phi) is 3.53. The fourth-order valence-electron chi connectivity index (χ4n) is 2.86. The van der Waals surface area contributed by atoms with E-state index in [1.54, 1.807) is 60.5 Å². The normalized spacial score (nSPS) is 16.3. The zero-order valence-corrected chi connectivity index (χ0v) is 13.5. The van der Waals surface area contributed by atoms with Crippen LogP contribution < -0.4 is 10.2 Å². The molecule has 4 rings (SSSR count). The Hall–Kier alpha value is -3.48. The third kappa shape index (κ3) is 2.55. The lowest BCUT2D eigenvalue weighted by Gasteiger charge is -2.34. The van der Waals surface area contributed by atoms with Crippen LogP contribution in [0.4, 0.5) is 11.4 Å². The van der Waals surface area contributed by atoms with Crippen LogP contribution >= 0.6 is 0 Å². The molecule has 7 heteroatoms. The van der Waals surface area contributed by atoms with Crippen LogP contribution in [0.2, 0.25) is 0 Å². The molecule has 7 nitrogen and oxygen atoms in total. The Morgan fingerprint density at radius 1 is 1.16 bits per heavy atom. The first-order chi connectivity index (χ1) is 12.1. The van der Waals surface area contributed by atoms with Crippen molar-refractivity contribution in [2.24, 2.45) is 0 Å². The van der Waals surface area contributed by atoms with Crippen molar-refractivity contribution in [3.8, 4) is 5.69 Å². The van der Waals surface area contributed by atoms with Crippen molar-refractivity contribution in [3.63, 3.8) is 0 Å². The second kappa shape index (κ2) is 5.86. The van der Waals surface area contributed by atoms with E-state index in [1.165, 1.54) is 4.90 Å². The molecule has 1 aromatic carbocycles. The largest absolute Gasteiger partial charge is 0.322 e. The highest BCUT2D eigenvalue weighted by Crippen LogP contribution is 2.32. The summed E-state index contributed by atoms with van der Waals surface area (Å²) in [6.07, 6.45) is 5.01. The molecule has 2 amide bonds. The number of para-hydroxylation sites is 2. The zero-order valence-electron chi connectivity index (χ0n) is 13.5. The van der Waals surface area contributed by atoms with Crippen LogP contribution in [0.5, 0.6) is 0 Å². The van der Waals surface area contributed by atoms with Gasteiger partial charge in [-0.3, -0.25) is 19.5 Å². The topological polar surface area (TPSA) is 80.1 Å². The number of anilines is 2. The van der Waals surface area contributed by atoms with Gasteiger partial charge < -0.3 is 5.32 Å². The van der Waals surface area contributed by atoms with Crippen LogP contribution in [-0.4, -0.2) is 32.6 Å². The molecule has 1 unspecified atom stereocenters. The SMILES string of the molecule is CC1C(=O)Nc2ccccc2N1C(=O)c1cc(-n2cccn2)ccn1. The van der Waals surface area contributed by atoms with Crippen molar-refractivity contribution >= 4 is 23.2 Å². The maximum Gasteiger partial charge on any atom is 0.277 e.